The highest BCUT2D eigenvalue weighted by molar-refractivity contribution is 5.88. The van der Waals surface area contributed by atoms with Gasteiger partial charge in [0.2, 0.25) is 11.8 Å². The number of imidazole rings is 1. The Morgan fingerprint density at radius 1 is 1.05 bits per heavy atom. The van der Waals surface area contributed by atoms with E-state index in [0.717, 1.165) is 25.1 Å². The molecule has 6 rings (SSSR count). The second-order valence-electron chi connectivity index (χ2n) is 9.87. The smallest absolute Gasteiger partial charge is 0.434 e. The molecule has 15 heteroatoms. The summed E-state index contributed by atoms with van der Waals surface area (Å²) in [6, 6.07) is 2.19. The number of carbonyl (C=O) groups excluding carboxylic acids is 1. The molecule has 2 aliphatic rings. The lowest BCUT2D eigenvalue weighted by atomic mass is 10.1. The quantitative estimate of drug-likeness (QED) is 0.197. The minimum atomic E-state index is -4.67. The van der Waals surface area contributed by atoms with Gasteiger partial charge in [-0.25, -0.2) is 34.1 Å². The summed E-state index contributed by atoms with van der Waals surface area (Å²) in [6.07, 6.45) is 2.05. The highest BCUT2D eigenvalue weighted by atomic mass is 19.4. The number of alkyl halides is 3. The van der Waals surface area contributed by atoms with E-state index in [0.29, 0.717) is 24.1 Å². The van der Waals surface area contributed by atoms with Crippen molar-refractivity contribution in [1.29, 1.82) is 0 Å². The van der Waals surface area contributed by atoms with E-state index in [9.17, 15) is 18.0 Å². The summed E-state index contributed by atoms with van der Waals surface area (Å²) in [5, 5.41) is 0. The van der Waals surface area contributed by atoms with Gasteiger partial charge >= 0.3 is 12.1 Å². The molecule has 4 heterocycles. The first-order valence-electron chi connectivity index (χ1n) is 13.0. The van der Waals surface area contributed by atoms with Gasteiger partial charge < -0.3 is 18.8 Å². The van der Waals surface area contributed by atoms with Crippen LogP contribution in [0.5, 0.6) is 11.8 Å². The number of pyridine rings is 1. The number of esters is 1. The summed E-state index contributed by atoms with van der Waals surface area (Å²) >= 11 is 0. The molecule has 4 aromatic rings. The molecule has 42 heavy (non-hydrogen) atoms. The average molecular weight is 586 g/mol. The number of ether oxygens (including phenoxy) is 3. The van der Waals surface area contributed by atoms with E-state index in [1.807, 2.05) is 0 Å². The zero-order valence-electron chi connectivity index (χ0n) is 22.4. The molecule has 0 spiro atoms. The van der Waals surface area contributed by atoms with Crippen LogP contribution < -0.4 is 9.47 Å². The van der Waals surface area contributed by atoms with Crippen LogP contribution in [-0.4, -0.2) is 54.7 Å². The molecule has 0 aliphatic heterocycles. The largest absolute Gasteiger partial charge is 0.480 e. The molecule has 0 amide bonds. The third kappa shape index (κ3) is 5.45. The second kappa shape index (κ2) is 10.6. The maximum atomic E-state index is 15.2. The Kier molecular flexibility index (Phi) is 6.94. The van der Waals surface area contributed by atoms with E-state index in [-0.39, 0.29) is 58.9 Å². The van der Waals surface area contributed by atoms with Crippen molar-refractivity contribution in [3.8, 4) is 34.7 Å². The predicted molar refractivity (Wildman–Crippen MR) is 136 cm³/mol. The number of hydrogen-bond acceptors (Lipinski definition) is 10. The highest BCUT2D eigenvalue weighted by Crippen LogP contribution is 2.45. The molecule has 4 aromatic heterocycles. The summed E-state index contributed by atoms with van der Waals surface area (Å²) in [4.78, 5) is 37.4. The third-order valence-corrected chi connectivity index (χ3v) is 6.78. The van der Waals surface area contributed by atoms with Gasteiger partial charge in [-0.1, -0.05) is 0 Å². The van der Waals surface area contributed by atoms with Crippen LogP contribution in [0, 0.1) is 5.82 Å². The third-order valence-electron chi connectivity index (χ3n) is 6.78. The van der Waals surface area contributed by atoms with Crippen LogP contribution in [0.25, 0.3) is 22.9 Å². The SMILES string of the molecule is COC(=O)c1cc(OCc2cnc(-c3nc(C(F)(F)F)cn3C3CC3)c(F)c2)nc(-c2c(OC)ncnc2C2CC2)n1. The van der Waals surface area contributed by atoms with Crippen LogP contribution >= 0.6 is 0 Å². The van der Waals surface area contributed by atoms with E-state index in [1.54, 1.807) is 0 Å². The molecular formula is C27H23F4N7O4. The molecule has 0 atom stereocenters. The van der Waals surface area contributed by atoms with Crippen molar-refractivity contribution in [3.05, 3.63) is 59.3 Å². The lowest BCUT2D eigenvalue weighted by Crippen LogP contribution is -2.10. The predicted octanol–water partition coefficient (Wildman–Crippen LogP) is 4.94. The lowest BCUT2D eigenvalue weighted by Gasteiger charge is -2.13. The zero-order valence-corrected chi connectivity index (χ0v) is 22.4. The van der Waals surface area contributed by atoms with E-state index in [4.69, 9.17) is 14.2 Å². The van der Waals surface area contributed by atoms with Crippen molar-refractivity contribution in [2.24, 2.45) is 0 Å². The number of carbonyl (C=O) groups is 1. The summed E-state index contributed by atoms with van der Waals surface area (Å²) in [5.41, 5.74) is -0.158. The molecule has 0 unspecified atom stereocenters. The minimum absolute atomic E-state index is 0.0309. The minimum Gasteiger partial charge on any atom is -0.480 e. The van der Waals surface area contributed by atoms with Gasteiger partial charge in [0.15, 0.2) is 28.9 Å². The van der Waals surface area contributed by atoms with Crippen molar-refractivity contribution in [2.45, 2.75) is 50.4 Å². The van der Waals surface area contributed by atoms with Gasteiger partial charge in [-0.2, -0.15) is 18.2 Å². The van der Waals surface area contributed by atoms with E-state index in [1.165, 1.54) is 37.4 Å². The van der Waals surface area contributed by atoms with Crippen molar-refractivity contribution < 1.29 is 36.6 Å². The Labute approximate surface area is 236 Å². The zero-order chi connectivity index (χ0) is 29.6. The summed E-state index contributed by atoms with van der Waals surface area (Å²) in [6.45, 7) is -0.232. The van der Waals surface area contributed by atoms with Gasteiger partial charge in [0.25, 0.3) is 0 Å². The fourth-order valence-corrected chi connectivity index (χ4v) is 4.45. The summed E-state index contributed by atoms with van der Waals surface area (Å²) < 4.78 is 72.4. The van der Waals surface area contributed by atoms with Crippen molar-refractivity contribution >= 4 is 5.97 Å². The first-order valence-corrected chi connectivity index (χ1v) is 13.0. The van der Waals surface area contributed by atoms with Crippen LogP contribution in [0.3, 0.4) is 0 Å². The molecule has 0 radical (unpaired) electrons. The van der Waals surface area contributed by atoms with Crippen LogP contribution in [0.1, 0.15) is 65.1 Å². The van der Waals surface area contributed by atoms with E-state index >= 15 is 4.39 Å². The molecule has 218 valence electrons. The number of aromatic nitrogens is 7. The standard InChI is InChI=1S/C27H23F4N7O4/c1-40-25-20(21(14-3-4-14)33-12-34-25)23-35-17(26(39)41-2)8-19(37-23)42-11-13-7-16(28)22(32-9-13)24-36-18(27(29,30)31)10-38(24)15-5-6-15/h7-10,12,14-15H,3-6,11H2,1-2H3. The molecule has 2 aliphatic carbocycles. The maximum Gasteiger partial charge on any atom is 0.434 e. The second-order valence-corrected chi connectivity index (χ2v) is 9.87. The molecule has 2 saturated carbocycles. The molecule has 0 bridgehead atoms. The van der Waals surface area contributed by atoms with Gasteiger partial charge in [0.1, 0.15) is 24.2 Å². The molecule has 0 N–H and O–H groups in total. The topological polar surface area (TPSA) is 127 Å². The number of rotatable bonds is 9. The highest BCUT2D eigenvalue weighted by Gasteiger charge is 2.38. The Balaban J connectivity index is 1.29. The van der Waals surface area contributed by atoms with E-state index in [2.05, 4.69) is 29.9 Å². The number of hydrogen-bond donors (Lipinski definition) is 0. The van der Waals surface area contributed by atoms with Crippen LogP contribution in [0.2, 0.25) is 0 Å². The van der Waals surface area contributed by atoms with Crippen LogP contribution in [-0.2, 0) is 17.5 Å². The van der Waals surface area contributed by atoms with Gasteiger partial charge in [0.05, 0.1) is 19.9 Å². The fraction of sp³-hybridized carbons (Fsp3) is 0.370. The summed E-state index contributed by atoms with van der Waals surface area (Å²) in [7, 11) is 2.64. The first kappa shape index (κ1) is 27.5. The Morgan fingerprint density at radius 3 is 2.48 bits per heavy atom. The first-order chi connectivity index (χ1) is 20.2. The molecular weight excluding hydrogens is 562 g/mol. The molecule has 11 nitrogen and oxygen atoms in total. The van der Waals surface area contributed by atoms with Gasteiger partial charge in [-0.05, 0) is 31.7 Å². The Hall–Kier alpha value is -4.69. The van der Waals surface area contributed by atoms with Crippen LogP contribution in [0.15, 0.2) is 30.9 Å². The van der Waals surface area contributed by atoms with Crippen molar-refractivity contribution in [1.82, 2.24) is 34.5 Å². The number of nitrogens with zero attached hydrogens (tertiary/aromatic N) is 7. The van der Waals surface area contributed by atoms with Gasteiger partial charge in [-0.15, -0.1) is 0 Å². The maximum absolute atomic E-state index is 15.2. The Bertz CT molecular complexity index is 1670. The van der Waals surface area contributed by atoms with Gasteiger partial charge in [0, 0.05) is 36.0 Å². The van der Waals surface area contributed by atoms with Gasteiger partial charge in [-0.3, -0.25) is 0 Å². The molecule has 2 fully saturated rings. The average Bonchev–Trinajstić information content (AvgIpc) is 3.92. The molecule has 0 aromatic carbocycles. The van der Waals surface area contributed by atoms with Crippen LogP contribution in [0.4, 0.5) is 17.6 Å². The number of halogens is 4. The summed E-state index contributed by atoms with van der Waals surface area (Å²) in [5.74, 6) is -1.36. The molecule has 0 saturated heterocycles. The Morgan fingerprint density at radius 2 is 1.83 bits per heavy atom. The van der Waals surface area contributed by atoms with E-state index < -0.39 is 23.7 Å². The lowest BCUT2D eigenvalue weighted by molar-refractivity contribution is -0.140. The van der Waals surface area contributed by atoms with Crippen molar-refractivity contribution in [3.63, 3.8) is 0 Å². The fourth-order valence-electron chi connectivity index (χ4n) is 4.45. The normalized spacial score (nSPS) is 15.0. The van der Waals surface area contributed by atoms with Crippen molar-refractivity contribution in [2.75, 3.05) is 14.2 Å². The number of methoxy groups -OCH3 is 2. The monoisotopic (exact) mass is 585 g/mol.